The van der Waals surface area contributed by atoms with E-state index in [0.717, 1.165) is 62.3 Å². The van der Waals surface area contributed by atoms with E-state index in [9.17, 15) is 13.2 Å². The number of sulfonamides is 1. The summed E-state index contributed by atoms with van der Waals surface area (Å²) in [5, 5.41) is 6.29. The number of hydrogen-bond donors (Lipinski definition) is 3. The van der Waals surface area contributed by atoms with Gasteiger partial charge in [-0.3, -0.25) is 19.0 Å². The van der Waals surface area contributed by atoms with Crippen molar-refractivity contribution < 1.29 is 8.42 Å². The molecule has 0 saturated carbocycles. The molecule has 0 bridgehead atoms. The summed E-state index contributed by atoms with van der Waals surface area (Å²) in [5.41, 5.74) is 3.73. The Hall–Kier alpha value is -4.00. The van der Waals surface area contributed by atoms with Crippen molar-refractivity contribution in [3.8, 4) is 0 Å². The van der Waals surface area contributed by atoms with Gasteiger partial charge >= 0.3 is 0 Å². The van der Waals surface area contributed by atoms with Crippen LogP contribution in [0.2, 0.25) is 0 Å². The Kier molecular flexibility index (Phi) is 7.51. The van der Waals surface area contributed by atoms with E-state index in [1.54, 1.807) is 18.3 Å². The summed E-state index contributed by atoms with van der Waals surface area (Å²) >= 11 is 0. The van der Waals surface area contributed by atoms with Crippen LogP contribution in [0.25, 0.3) is 11.0 Å². The van der Waals surface area contributed by atoms with Gasteiger partial charge in [-0.1, -0.05) is 24.6 Å². The first-order valence-corrected chi connectivity index (χ1v) is 16.8. The molecule has 230 valence electrons. The van der Waals surface area contributed by atoms with Crippen LogP contribution >= 0.6 is 0 Å². The molecule has 3 atom stereocenters. The van der Waals surface area contributed by atoms with Crippen LogP contribution in [0.5, 0.6) is 0 Å². The van der Waals surface area contributed by atoms with E-state index in [-0.39, 0.29) is 29.6 Å². The van der Waals surface area contributed by atoms with Crippen molar-refractivity contribution in [2.45, 2.75) is 49.6 Å². The average molecular weight is 615 g/mol. The minimum Gasteiger partial charge on any atom is -0.381 e. The molecule has 2 saturated heterocycles. The van der Waals surface area contributed by atoms with Gasteiger partial charge in [-0.15, -0.1) is 0 Å². The number of nitrogens with zero attached hydrogens (tertiary/aromatic N) is 5. The van der Waals surface area contributed by atoms with Crippen LogP contribution in [0.15, 0.2) is 65.6 Å². The summed E-state index contributed by atoms with van der Waals surface area (Å²) in [7, 11) is 0.202. The number of piperidine rings is 1. The van der Waals surface area contributed by atoms with Crippen LogP contribution in [-0.4, -0.2) is 72.5 Å². The lowest BCUT2D eigenvalue weighted by molar-refractivity contribution is 0.185. The van der Waals surface area contributed by atoms with E-state index < -0.39 is 15.4 Å². The molecule has 2 aromatic carbocycles. The maximum Gasteiger partial charge on any atom is 0.258 e. The third-order valence-electron chi connectivity index (χ3n) is 9.14. The quantitative estimate of drug-likeness (QED) is 0.292. The number of pyridine rings is 1. The number of nitrogens with one attached hydrogen (secondary N) is 3. The summed E-state index contributed by atoms with van der Waals surface area (Å²) in [6.45, 7) is 2.98. The number of hydrogen-bond acceptors (Lipinski definition) is 9. The highest BCUT2D eigenvalue weighted by Crippen LogP contribution is 2.35. The molecule has 0 amide bonds. The van der Waals surface area contributed by atoms with Crippen molar-refractivity contribution in [1.82, 2.24) is 24.3 Å². The molecular formula is C32H38N8O3S. The monoisotopic (exact) mass is 614 g/mol. The van der Waals surface area contributed by atoms with Crippen molar-refractivity contribution in [3.63, 3.8) is 0 Å². The van der Waals surface area contributed by atoms with Gasteiger partial charge in [0.25, 0.3) is 15.6 Å². The largest absolute Gasteiger partial charge is 0.381 e. The fraction of sp³-hybridized carbons (Fsp3) is 0.406. The third kappa shape index (κ3) is 5.53. The Labute approximate surface area is 257 Å². The zero-order valence-corrected chi connectivity index (χ0v) is 25.8. The summed E-state index contributed by atoms with van der Waals surface area (Å²) in [5.74, 6) is 0.285. The van der Waals surface area contributed by atoms with Gasteiger partial charge in [0.1, 0.15) is 5.65 Å². The standard InChI is InChI=1S/C32H38N8O3S/c1-38-16-14-25(20-38)34-23-10-12-24(13-11-23)35-32-33-19-22-17-26(28-9-5-6-15-39(28)2)31(41)40(30(22)36-32)29-18-21-7-3-4-8-27(21)37-44(29,42)43/h3-4,7-8,10-13,17,19,25,28-29,34,37H,5-6,9,14-16,18,20H2,1-2H3,(H,33,35,36). The number of benzene rings is 2. The summed E-state index contributed by atoms with van der Waals surface area (Å²) < 4.78 is 31.5. The minimum atomic E-state index is -3.95. The van der Waals surface area contributed by atoms with E-state index in [2.05, 4.69) is 37.2 Å². The maximum atomic E-state index is 14.3. The highest BCUT2D eigenvalue weighted by molar-refractivity contribution is 7.92. The third-order valence-corrected chi connectivity index (χ3v) is 10.7. The van der Waals surface area contributed by atoms with Crippen molar-refractivity contribution in [2.75, 3.05) is 49.1 Å². The Morgan fingerprint density at radius 1 is 0.977 bits per heavy atom. The number of likely N-dealkylation sites (N-methyl/N-ethyl adjacent to an activating group) is 1. The molecule has 3 N–H and O–H groups in total. The van der Waals surface area contributed by atoms with Crippen LogP contribution in [0, 0.1) is 0 Å². The van der Waals surface area contributed by atoms with Crippen molar-refractivity contribution in [1.29, 1.82) is 0 Å². The normalized spacial score (nSPS) is 23.6. The van der Waals surface area contributed by atoms with E-state index in [0.29, 0.717) is 22.7 Å². The molecular weight excluding hydrogens is 576 g/mol. The highest BCUT2D eigenvalue weighted by atomic mass is 32.2. The molecule has 44 heavy (non-hydrogen) atoms. The molecule has 3 aliphatic rings. The maximum absolute atomic E-state index is 14.3. The SMILES string of the molecule is CN1CCC(Nc2ccc(Nc3ncc4cc(C5CCCCN5C)c(=O)n(C5Cc6ccccc6NS5(=O)=O)c4n3)cc2)C1. The lowest BCUT2D eigenvalue weighted by Gasteiger charge is -2.34. The Bertz CT molecular complexity index is 1860. The zero-order chi connectivity index (χ0) is 30.4. The van der Waals surface area contributed by atoms with Gasteiger partial charge in [0.15, 0.2) is 5.37 Å². The number of rotatable bonds is 6. The first kappa shape index (κ1) is 28.8. The number of anilines is 4. The second kappa shape index (κ2) is 11.5. The number of likely N-dealkylation sites (tertiary alicyclic amines) is 2. The predicted octanol–water partition coefficient (Wildman–Crippen LogP) is 4.30. The van der Waals surface area contributed by atoms with Gasteiger partial charge in [-0.25, -0.2) is 13.4 Å². The first-order chi connectivity index (χ1) is 21.2. The summed E-state index contributed by atoms with van der Waals surface area (Å²) in [4.78, 5) is 28.2. The fourth-order valence-corrected chi connectivity index (χ4v) is 8.30. The summed E-state index contributed by atoms with van der Waals surface area (Å²) in [6, 6.07) is 17.4. The van der Waals surface area contributed by atoms with E-state index in [1.165, 1.54) is 4.57 Å². The molecule has 0 spiro atoms. The van der Waals surface area contributed by atoms with Crippen LogP contribution in [0.4, 0.5) is 23.0 Å². The van der Waals surface area contributed by atoms with Crippen molar-refractivity contribution >= 4 is 44.1 Å². The average Bonchev–Trinajstić information content (AvgIpc) is 3.42. The topological polar surface area (TPSA) is 124 Å². The van der Waals surface area contributed by atoms with Crippen LogP contribution in [-0.2, 0) is 16.4 Å². The van der Waals surface area contributed by atoms with Gasteiger partial charge in [-0.2, -0.15) is 4.98 Å². The molecule has 2 fully saturated rings. The van der Waals surface area contributed by atoms with Crippen LogP contribution in [0.1, 0.15) is 48.2 Å². The molecule has 0 radical (unpaired) electrons. The van der Waals surface area contributed by atoms with Crippen LogP contribution < -0.4 is 20.9 Å². The second-order valence-corrected chi connectivity index (χ2v) is 14.1. The first-order valence-electron chi connectivity index (χ1n) is 15.3. The predicted molar refractivity (Wildman–Crippen MR) is 174 cm³/mol. The van der Waals surface area contributed by atoms with Gasteiger partial charge in [-0.05, 0) is 88.4 Å². The number of para-hydroxylation sites is 1. The van der Waals surface area contributed by atoms with Gasteiger partial charge in [0, 0.05) is 53.6 Å². The number of fused-ring (bicyclic) bond motifs is 2. The lowest BCUT2D eigenvalue weighted by atomic mass is 9.96. The van der Waals surface area contributed by atoms with Gasteiger partial charge in [0.2, 0.25) is 5.95 Å². The Morgan fingerprint density at radius 2 is 1.77 bits per heavy atom. The van der Waals surface area contributed by atoms with Crippen molar-refractivity contribution in [3.05, 3.63) is 82.3 Å². The van der Waals surface area contributed by atoms with E-state index in [1.807, 2.05) is 49.5 Å². The molecule has 3 aliphatic heterocycles. The molecule has 7 rings (SSSR count). The van der Waals surface area contributed by atoms with Crippen LogP contribution in [0.3, 0.4) is 0 Å². The lowest BCUT2D eigenvalue weighted by Crippen LogP contribution is -2.41. The van der Waals surface area contributed by atoms with E-state index in [4.69, 9.17) is 4.98 Å². The highest BCUT2D eigenvalue weighted by Gasteiger charge is 2.37. The minimum absolute atomic E-state index is 0.104. The molecule has 2 aromatic heterocycles. The van der Waals surface area contributed by atoms with Gasteiger partial charge < -0.3 is 15.5 Å². The molecule has 5 heterocycles. The Balaban J connectivity index is 1.27. The smallest absolute Gasteiger partial charge is 0.258 e. The van der Waals surface area contributed by atoms with Crippen molar-refractivity contribution in [2.24, 2.45) is 0 Å². The van der Waals surface area contributed by atoms with Gasteiger partial charge in [0.05, 0.1) is 5.69 Å². The second-order valence-electron chi connectivity index (χ2n) is 12.3. The van der Waals surface area contributed by atoms with E-state index >= 15 is 0 Å². The molecule has 12 heteroatoms. The Morgan fingerprint density at radius 3 is 2.55 bits per heavy atom. The molecule has 11 nitrogen and oxygen atoms in total. The summed E-state index contributed by atoms with van der Waals surface area (Å²) in [6.07, 6.45) is 5.85. The molecule has 0 aliphatic carbocycles. The fourth-order valence-electron chi connectivity index (χ4n) is 6.79. The molecule has 4 aromatic rings. The molecule has 3 unspecified atom stereocenters. The zero-order valence-electron chi connectivity index (χ0n) is 25.0. The number of aromatic nitrogens is 3.